The average Bonchev–Trinajstić information content (AvgIpc) is 2.80. The lowest BCUT2D eigenvalue weighted by atomic mass is 10.0. The van der Waals surface area contributed by atoms with Crippen molar-refractivity contribution in [2.45, 2.75) is 39.2 Å². The number of nitrogens with two attached hydrogens (primary N) is 1. The number of rotatable bonds is 6. The van der Waals surface area contributed by atoms with Crippen molar-refractivity contribution in [1.82, 2.24) is 10.4 Å². The van der Waals surface area contributed by atoms with E-state index in [0.717, 1.165) is 30.0 Å². The van der Waals surface area contributed by atoms with Gasteiger partial charge in [0.1, 0.15) is 0 Å². The molecule has 19 heavy (non-hydrogen) atoms. The molecule has 0 amide bonds. The zero-order valence-corrected chi connectivity index (χ0v) is 12.3. The fourth-order valence-corrected chi connectivity index (χ4v) is 3.01. The predicted octanol–water partition coefficient (Wildman–Crippen LogP) is 2.77. The van der Waals surface area contributed by atoms with Crippen LogP contribution >= 0.6 is 11.3 Å². The number of aryl methyl sites for hydroxylation is 3. The summed E-state index contributed by atoms with van der Waals surface area (Å²) in [5.41, 5.74) is 6.68. The van der Waals surface area contributed by atoms with Gasteiger partial charge in [0.15, 0.2) is 0 Å². The monoisotopic (exact) mass is 275 g/mol. The molecular weight excluding hydrogens is 254 g/mol. The van der Waals surface area contributed by atoms with Crippen LogP contribution < -0.4 is 11.3 Å². The zero-order valence-electron chi connectivity index (χ0n) is 11.5. The van der Waals surface area contributed by atoms with Crippen molar-refractivity contribution in [3.8, 4) is 0 Å². The summed E-state index contributed by atoms with van der Waals surface area (Å²) < 4.78 is 0. The maximum absolute atomic E-state index is 5.65. The Hall–Kier alpha value is -1.23. The molecule has 0 fully saturated rings. The molecule has 0 radical (unpaired) electrons. The van der Waals surface area contributed by atoms with E-state index in [1.807, 2.05) is 6.92 Å². The molecular formula is C15H21N3S. The van der Waals surface area contributed by atoms with Gasteiger partial charge in [0.2, 0.25) is 0 Å². The standard InChI is InChI=1S/C15H21N3S/c1-11-4-3-5-13(8-11)6-7-14(18-16)9-15-17-12(2)10-19-15/h3-5,8,10,14,18H,6-7,9,16H2,1-2H3. The van der Waals surface area contributed by atoms with E-state index in [1.165, 1.54) is 11.1 Å². The first-order valence-corrected chi connectivity index (χ1v) is 7.48. The Labute approximate surface area is 118 Å². The second kappa shape index (κ2) is 6.80. The van der Waals surface area contributed by atoms with Crippen LogP contribution in [0.25, 0.3) is 0 Å². The van der Waals surface area contributed by atoms with Crippen molar-refractivity contribution in [2.75, 3.05) is 0 Å². The lowest BCUT2D eigenvalue weighted by Gasteiger charge is -2.14. The molecule has 0 aliphatic heterocycles. The molecule has 0 spiro atoms. The van der Waals surface area contributed by atoms with Crippen LogP contribution in [0.4, 0.5) is 0 Å². The Kier molecular flexibility index (Phi) is 5.07. The van der Waals surface area contributed by atoms with Crippen LogP contribution in [0, 0.1) is 13.8 Å². The second-order valence-corrected chi connectivity index (χ2v) is 5.92. The summed E-state index contributed by atoms with van der Waals surface area (Å²) in [7, 11) is 0. The molecule has 0 aliphatic rings. The van der Waals surface area contributed by atoms with Crippen molar-refractivity contribution in [2.24, 2.45) is 5.84 Å². The second-order valence-electron chi connectivity index (χ2n) is 4.98. The Bertz CT molecular complexity index is 522. The van der Waals surface area contributed by atoms with Crippen LogP contribution in [-0.4, -0.2) is 11.0 Å². The fourth-order valence-electron chi connectivity index (χ4n) is 2.16. The van der Waals surface area contributed by atoms with E-state index >= 15 is 0 Å². The van der Waals surface area contributed by atoms with Crippen LogP contribution in [0.15, 0.2) is 29.6 Å². The Balaban J connectivity index is 1.89. The molecule has 1 aromatic carbocycles. The molecule has 0 saturated heterocycles. The average molecular weight is 275 g/mol. The summed E-state index contributed by atoms with van der Waals surface area (Å²) >= 11 is 1.71. The van der Waals surface area contributed by atoms with Gasteiger partial charge in [0.05, 0.1) is 5.01 Å². The van der Waals surface area contributed by atoms with Gasteiger partial charge < -0.3 is 0 Å². The largest absolute Gasteiger partial charge is 0.271 e. The van der Waals surface area contributed by atoms with Crippen LogP contribution in [0.1, 0.15) is 28.2 Å². The fraction of sp³-hybridized carbons (Fsp3) is 0.400. The molecule has 0 bridgehead atoms. The number of hydrazine groups is 1. The third-order valence-corrected chi connectivity index (χ3v) is 4.18. The summed E-state index contributed by atoms with van der Waals surface area (Å²) in [4.78, 5) is 4.49. The van der Waals surface area contributed by atoms with E-state index in [4.69, 9.17) is 5.84 Å². The number of hydrogen-bond acceptors (Lipinski definition) is 4. The molecule has 2 rings (SSSR count). The topological polar surface area (TPSA) is 50.9 Å². The van der Waals surface area contributed by atoms with Crippen LogP contribution in [0.2, 0.25) is 0 Å². The highest BCUT2D eigenvalue weighted by atomic mass is 32.1. The van der Waals surface area contributed by atoms with E-state index in [-0.39, 0.29) is 6.04 Å². The molecule has 3 N–H and O–H groups in total. The van der Waals surface area contributed by atoms with Crippen molar-refractivity contribution in [3.05, 3.63) is 51.5 Å². The lowest BCUT2D eigenvalue weighted by Crippen LogP contribution is -2.37. The summed E-state index contributed by atoms with van der Waals surface area (Å²) in [6.07, 6.45) is 2.97. The van der Waals surface area contributed by atoms with Gasteiger partial charge in [-0.2, -0.15) is 0 Å². The minimum Gasteiger partial charge on any atom is -0.271 e. The van der Waals surface area contributed by atoms with Gasteiger partial charge in [-0.15, -0.1) is 11.3 Å². The van der Waals surface area contributed by atoms with Crippen molar-refractivity contribution < 1.29 is 0 Å². The summed E-state index contributed by atoms with van der Waals surface area (Å²) in [5, 5.41) is 3.24. The highest BCUT2D eigenvalue weighted by Crippen LogP contribution is 2.14. The van der Waals surface area contributed by atoms with E-state index in [0.29, 0.717) is 0 Å². The van der Waals surface area contributed by atoms with Crippen LogP contribution in [0.5, 0.6) is 0 Å². The van der Waals surface area contributed by atoms with E-state index in [9.17, 15) is 0 Å². The summed E-state index contributed by atoms with van der Waals surface area (Å²) in [6, 6.07) is 8.93. The molecule has 1 aromatic heterocycles. The molecule has 4 heteroatoms. The van der Waals surface area contributed by atoms with E-state index in [2.05, 4.69) is 47.0 Å². The van der Waals surface area contributed by atoms with Gasteiger partial charge in [-0.1, -0.05) is 29.8 Å². The van der Waals surface area contributed by atoms with E-state index < -0.39 is 0 Å². The number of benzene rings is 1. The van der Waals surface area contributed by atoms with Gasteiger partial charge >= 0.3 is 0 Å². The Morgan fingerprint density at radius 2 is 2.21 bits per heavy atom. The van der Waals surface area contributed by atoms with Gasteiger partial charge in [0.25, 0.3) is 0 Å². The van der Waals surface area contributed by atoms with Gasteiger partial charge in [-0.05, 0) is 32.3 Å². The molecule has 102 valence electrons. The van der Waals surface area contributed by atoms with Crippen molar-refractivity contribution in [1.29, 1.82) is 0 Å². The van der Waals surface area contributed by atoms with Crippen LogP contribution in [0.3, 0.4) is 0 Å². The number of hydrogen-bond donors (Lipinski definition) is 2. The smallest absolute Gasteiger partial charge is 0.0944 e. The Morgan fingerprint density at radius 3 is 2.84 bits per heavy atom. The first kappa shape index (κ1) is 14.2. The normalized spacial score (nSPS) is 12.6. The third kappa shape index (κ3) is 4.42. The van der Waals surface area contributed by atoms with Crippen LogP contribution in [-0.2, 0) is 12.8 Å². The first-order chi connectivity index (χ1) is 9.17. The number of nitrogens with zero attached hydrogens (tertiary/aromatic N) is 1. The molecule has 1 heterocycles. The lowest BCUT2D eigenvalue weighted by molar-refractivity contribution is 0.490. The summed E-state index contributed by atoms with van der Waals surface area (Å²) in [6.45, 7) is 4.15. The van der Waals surface area contributed by atoms with E-state index in [1.54, 1.807) is 11.3 Å². The Morgan fingerprint density at radius 1 is 1.37 bits per heavy atom. The quantitative estimate of drug-likeness (QED) is 0.629. The summed E-state index contributed by atoms with van der Waals surface area (Å²) in [5.74, 6) is 5.65. The van der Waals surface area contributed by atoms with Crippen molar-refractivity contribution in [3.63, 3.8) is 0 Å². The minimum atomic E-state index is 0.283. The van der Waals surface area contributed by atoms with Crippen molar-refractivity contribution >= 4 is 11.3 Å². The van der Waals surface area contributed by atoms with Gasteiger partial charge in [-0.25, -0.2) is 4.98 Å². The first-order valence-electron chi connectivity index (χ1n) is 6.60. The van der Waals surface area contributed by atoms with Gasteiger partial charge in [-0.3, -0.25) is 11.3 Å². The van der Waals surface area contributed by atoms with Gasteiger partial charge in [0, 0.05) is 23.5 Å². The highest BCUT2D eigenvalue weighted by molar-refractivity contribution is 7.09. The number of aromatic nitrogens is 1. The molecule has 1 atom stereocenters. The highest BCUT2D eigenvalue weighted by Gasteiger charge is 2.10. The predicted molar refractivity (Wildman–Crippen MR) is 81.2 cm³/mol. The molecule has 0 saturated carbocycles. The zero-order chi connectivity index (χ0) is 13.7. The molecule has 3 nitrogen and oxygen atoms in total. The molecule has 1 unspecified atom stereocenters. The molecule has 0 aliphatic carbocycles. The number of nitrogens with one attached hydrogen (secondary N) is 1. The number of thiazole rings is 1. The third-order valence-electron chi connectivity index (χ3n) is 3.19. The maximum Gasteiger partial charge on any atom is 0.0944 e. The minimum absolute atomic E-state index is 0.283. The molecule has 2 aromatic rings. The SMILES string of the molecule is Cc1cccc(CCC(Cc2nc(C)cs2)NN)c1. The maximum atomic E-state index is 5.65.